The second-order valence-corrected chi connectivity index (χ2v) is 19.1. The van der Waals surface area contributed by atoms with Gasteiger partial charge < -0.3 is 14.2 Å². The zero-order chi connectivity index (χ0) is 55.7. The molecule has 6 heteroatoms. The SMILES string of the molecule is CC/C=C\C/C=C\C/C=C\C/C=C\C/C=C\C/C=C\CCCCCCCCC(=O)OCC(COC(=O)CC/C=C\C/C=C\C/C=C\C/C=C\CC)OC(=O)CCCCCCC/C=C\C/C=C\C/C=C\C/C=C\C/C=C\CC. The average Bonchev–Trinajstić information content (AvgIpc) is 3.43. The number of hydrogen-bond donors (Lipinski definition) is 0. The number of rotatable bonds is 52. The summed E-state index contributed by atoms with van der Waals surface area (Å²) in [6, 6.07) is 0. The van der Waals surface area contributed by atoms with Crippen LogP contribution in [0.4, 0.5) is 0 Å². The van der Waals surface area contributed by atoms with Gasteiger partial charge in [-0.2, -0.15) is 0 Å². The molecule has 1 unspecified atom stereocenters. The van der Waals surface area contributed by atoms with E-state index in [1.165, 1.54) is 12.8 Å². The zero-order valence-corrected chi connectivity index (χ0v) is 48.9. The monoisotopic (exact) mass is 1060 g/mol. The summed E-state index contributed by atoms with van der Waals surface area (Å²) in [5.74, 6) is -1.05. The Balaban J connectivity index is 4.51. The van der Waals surface area contributed by atoms with Gasteiger partial charge in [-0.3, -0.25) is 14.4 Å². The summed E-state index contributed by atoms with van der Waals surface area (Å²) in [4.78, 5) is 38.2. The molecule has 428 valence electrons. The fraction of sp³-hybridized carbons (Fsp3) is 0.535. The smallest absolute Gasteiger partial charge is 0.306 e. The normalized spacial score (nSPS) is 13.4. The molecule has 0 N–H and O–H groups in total. The summed E-state index contributed by atoms with van der Waals surface area (Å²) >= 11 is 0. The predicted molar refractivity (Wildman–Crippen MR) is 334 cm³/mol. The molecular weight excluding hydrogens is 949 g/mol. The average molecular weight is 1060 g/mol. The van der Waals surface area contributed by atoms with Gasteiger partial charge >= 0.3 is 17.9 Å². The number of carbonyl (C=O) groups excluding carboxylic acids is 3. The maximum Gasteiger partial charge on any atom is 0.306 e. The third-order valence-electron chi connectivity index (χ3n) is 11.9. The van der Waals surface area contributed by atoms with Crippen molar-refractivity contribution >= 4 is 17.9 Å². The molecule has 0 radical (unpaired) electrons. The standard InChI is InChI=1S/C71H108O6/c1-4-7-10-13-16-19-22-25-27-29-31-33-34-35-36-38-39-41-43-46-49-52-55-58-61-64-70(73)76-67-68(66-75-69(72)63-60-57-54-51-48-45-24-21-18-15-12-9-6-3)77-71(74)65-62-59-56-53-50-47-44-42-40-37-32-30-28-26-23-20-17-14-11-8-5-2/h7-12,16-21,25-28,31-33,35-37,39,41-42,44-45,48,54,57,68H,4-6,13-15,22-24,29-30,34,38,40,43,46-47,49-53,55-56,58-67H2,1-3H3/b10-7-,11-8-,12-9-,19-16-,20-17-,21-18-,27-25-,28-26-,33-31-,36-35-,37-32-,41-39-,44-42-,48-45-,57-54-. The largest absolute Gasteiger partial charge is 0.462 e. The maximum atomic E-state index is 12.9. The minimum atomic E-state index is -0.836. The first-order valence-corrected chi connectivity index (χ1v) is 30.3. The van der Waals surface area contributed by atoms with Crippen molar-refractivity contribution in [2.24, 2.45) is 0 Å². The van der Waals surface area contributed by atoms with E-state index in [9.17, 15) is 14.4 Å². The summed E-state index contributed by atoms with van der Waals surface area (Å²) in [7, 11) is 0. The topological polar surface area (TPSA) is 78.9 Å². The molecule has 0 aliphatic rings. The van der Waals surface area contributed by atoms with E-state index in [0.29, 0.717) is 12.8 Å². The summed E-state index contributed by atoms with van der Waals surface area (Å²) in [6.45, 7) is 6.18. The highest BCUT2D eigenvalue weighted by Crippen LogP contribution is 2.13. The van der Waals surface area contributed by atoms with Crippen LogP contribution in [0.25, 0.3) is 0 Å². The number of esters is 3. The zero-order valence-electron chi connectivity index (χ0n) is 48.9. The van der Waals surface area contributed by atoms with Gasteiger partial charge in [0.2, 0.25) is 0 Å². The number of hydrogen-bond acceptors (Lipinski definition) is 6. The lowest BCUT2D eigenvalue weighted by Gasteiger charge is -2.18. The molecule has 0 aliphatic carbocycles. The third-order valence-corrected chi connectivity index (χ3v) is 11.9. The number of unbranched alkanes of at least 4 members (excludes halogenated alkanes) is 11. The van der Waals surface area contributed by atoms with Crippen LogP contribution in [0.2, 0.25) is 0 Å². The lowest BCUT2D eigenvalue weighted by Crippen LogP contribution is -2.30. The first kappa shape index (κ1) is 71.5. The molecule has 0 saturated carbocycles. The molecule has 0 aromatic carbocycles. The first-order valence-electron chi connectivity index (χ1n) is 30.3. The fourth-order valence-electron chi connectivity index (χ4n) is 7.48. The molecule has 0 fully saturated rings. The molecule has 0 saturated heterocycles. The molecule has 0 aromatic rings. The predicted octanol–water partition coefficient (Wildman–Crippen LogP) is 20.9. The van der Waals surface area contributed by atoms with Crippen molar-refractivity contribution in [2.75, 3.05) is 13.2 Å². The van der Waals surface area contributed by atoms with Crippen molar-refractivity contribution in [3.63, 3.8) is 0 Å². The van der Waals surface area contributed by atoms with Crippen LogP contribution in [-0.4, -0.2) is 37.2 Å². The Morgan fingerprint density at radius 3 is 0.805 bits per heavy atom. The van der Waals surface area contributed by atoms with Gasteiger partial charge in [-0.05, 0) is 141 Å². The van der Waals surface area contributed by atoms with Crippen molar-refractivity contribution in [2.45, 2.75) is 232 Å². The Kier molecular flexibility index (Phi) is 58.6. The van der Waals surface area contributed by atoms with Gasteiger partial charge in [-0.1, -0.05) is 248 Å². The van der Waals surface area contributed by atoms with Gasteiger partial charge in [-0.15, -0.1) is 0 Å². The van der Waals surface area contributed by atoms with Crippen molar-refractivity contribution in [1.82, 2.24) is 0 Å². The van der Waals surface area contributed by atoms with Crippen LogP contribution in [0.15, 0.2) is 182 Å². The summed E-state index contributed by atoms with van der Waals surface area (Å²) in [5, 5.41) is 0. The highest BCUT2D eigenvalue weighted by molar-refractivity contribution is 5.71. The number of carbonyl (C=O) groups is 3. The van der Waals surface area contributed by atoms with E-state index in [1.807, 2.05) is 12.2 Å². The maximum absolute atomic E-state index is 12.9. The molecule has 0 bridgehead atoms. The van der Waals surface area contributed by atoms with Gasteiger partial charge in [0.05, 0.1) is 0 Å². The van der Waals surface area contributed by atoms with E-state index < -0.39 is 6.10 Å². The van der Waals surface area contributed by atoms with Crippen LogP contribution >= 0.6 is 0 Å². The molecule has 0 amide bonds. The molecule has 0 aromatic heterocycles. The molecule has 0 heterocycles. The minimum absolute atomic E-state index is 0.126. The van der Waals surface area contributed by atoms with E-state index in [1.54, 1.807) is 0 Å². The lowest BCUT2D eigenvalue weighted by molar-refractivity contribution is -0.166. The van der Waals surface area contributed by atoms with E-state index in [4.69, 9.17) is 14.2 Å². The number of ether oxygens (including phenoxy) is 3. The van der Waals surface area contributed by atoms with Crippen LogP contribution in [0.3, 0.4) is 0 Å². The molecule has 6 nitrogen and oxygen atoms in total. The Morgan fingerprint density at radius 1 is 0.260 bits per heavy atom. The molecular formula is C71H108O6. The van der Waals surface area contributed by atoms with Crippen LogP contribution in [0.5, 0.6) is 0 Å². The molecule has 0 aliphatic heterocycles. The van der Waals surface area contributed by atoms with Crippen molar-refractivity contribution in [1.29, 1.82) is 0 Å². The van der Waals surface area contributed by atoms with Crippen LogP contribution in [0.1, 0.15) is 226 Å². The minimum Gasteiger partial charge on any atom is -0.462 e. The Bertz CT molecular complexity index is 1840. The van der Waals surface area contributed by atoms with E-state index in [-0.39, 0.29) is 44.0 Å². The van der Waals surface area contributed by atoms with Crippen LogP contribution in [-0.2, 0) is 28.6 Å². The number of allylic oxidation sites excluding steroid dienone is 30. The van der Waals surface area contributed by atoms with E-state index in [2.05, 4.69) is 191 Å². The highest BCUT2D eigenvalue weighted by Gasteiger charge is 2.19. The van der Waals surface area contributed by atoms with Gasteiger partial charge in [0.25, 0.3) is 0 Å². The van der Waals surface area contributed by atoms with Gasteiger partial charge in [0.1, 0.15) is 13.2 Å². The van der Waals surface area contributed by atoms with Gasteiger partial charge in [0.15, 0.2) is 6.10 Å². The Hall–Kier alpha value is -5.49. The van der Waals surface area contributed by atoms with E-state index in [0.717, 1.165) is 167 Å². The lowest BCUT2D eigenvalue weighted by atomic mass is 10.1. The molecule has 0 rings (SSSR count). The Morgan fingerprint density at radius 2 is 0.494 bits per heavy atom. The van der Waals surface area contributed by atoms with E-state index >= 15 is 0 Å². The van der Waals surface area contributed by atoms with Crippen molar-refractivity contribution in [3.05, 3.63) is 182 Å². The van der Waals surface area contributed by atoms with Crippen LogP contribution in [0, 0.1) is 0 Å². The third kappa shape index (κ3) is 61.2. The fourth-order valence-corrected chi connectivity index (χ4v) is 7.48. The summed E-state index contributed by atoms with van der Waals surface area (Å²) in [6.07, 6.45) is 94.7. The molecule has 0 spiro atoms. The first-order chi connectivity index (χ1) is 38.0. The van der Waals surface area contributed by atoms with Gasteiger partial charge in [0, 0.05) is 19.3 Å². The molecule has 1 atom stereocenters. The summed E-state index contributed by atoms with van der Waals surface area (Å²) in [5.41, 5.74) is 0. The Labute approximate surface area is 472 Å². The second kappa shape index (κ2) is 63.0. The molecule has 77 heavy (non-hydrogen) atoms. The highest BCUT2D eigenvalue weighted by atomic mass is 16.6. The summed E-state index contributed by atoms with van der Waals surface area (Å²) < 4.78 is 16.8. The van der Waals surface area contributed by atoms with Gasteiger partial charge in [-0.25, -0.2) is 0 Å². The second-order valence-electron chi connectivity index (χ2n) is 19.1. The van der Waals surface area contributed by atoms with Crippen molar-refractivity contribution in [3.8, 4) is 0 Å². The quantitative estimate of drug-likeness (QED) is 0.0261. The van der Waals surface area contributed by atoms with Crippen LogP contribution < -0.4 is 0 Å². The van der Waals surface area contributed by atoms with Crippen molar-refractivity contribution < 1.29 is 28.6 Å².